The van der Waals surface area contributed by atoms with Gasteiger partial charge in [0.05, 0.1) is 11.2 Å². The van der Waals surface area contributed by atoms with Crippen LogP contribution in [0.4, 0.5) is 5.95 Å². The second-order valence-corrected chi connectivity index (χ2v) is 7.04. The Morgan fingerprint density at radius 1 is 0.871 bits per heavy atom. The third-order valence-corrected chi connectivity index (χ3v) is 5.07. The van der Waals surface area contributed by atoms with Gasteiger partial charge >= 0.3 is 0 Å². The summed E-state index contributed by atoms with van der Waals surface area (Å²) in [5, 5.41) is 10.8. The van der Waals surface area contributed by atoms with E-state index in [1.54, 1.807) is 12.3 Å². The Morgan fingerprint density at radius 3 is 2.61 bits per heavy atom. The van der Waals surface area contributed by atoms with E-state index in [0.29, 0.717) is 17.1 Å². The van der Waals surface area contributed by atoms with Gasteiger partial charge in [-0.05, 0) is 42.8 Å². The summed E-state index contributed by atoms with van der Waals surface area (Å²) in [7, 11) is 0. The molecule has 0 atom stereocenters. The highest BCUT2D eigenvalue weighted by Crippen LogP contribution is 2.24. The molecule has 0 spiro atoms. The molecule has 3 heterocycles. The number of para-hydroxylation sites is 1. The van der Waals surface area contributed by atoms with Crippen LogP contribution >= 0.6 is 0 Å². The van der Waals surface area contributed by atoms with Crippen LogP contribution in [0.15, 0.2) is 79.0 Å². The van der Waals surface area contributed by atoms with E-state index in [2.05, 4.69) is 30.5 Å². The first-order valence-corrected chi connectivity index (χ1v) is 9.80. The number of hydrogen-bond acceptors (Lipinski definition) is 5. The van der Waals surface area contributed by atoms with Crippen molar-refractivity contribution in [2.45, 2.75) is 6.92 Å². The quantitative estimate of drug-likeness (QED) is 0.453. The van der Waals surface area contributed by atoms with Crippen molar-refractivity contribution in [1.29, 1.82) is 0 Å². The molecule has 3 aromatic heterocycles. The number of nitrogens with zero attached hydrogens (tertiary/aromatic N) is 4. The summed E-state index contributed by atoms with van der Waals surface area (Å²) >= 11 is 0. The summed E-state index contributed by atoms with van der Waals surface area (Å²) in [6, 6.07) is 23.0. The first kappa shape index (κ1) is 18.6. The fraction of sp³-hybridized carbons (Fsp3) is 0.0417. The van der Waals surface area contributed by atoms with Crippen molar-refractivity contribution in [2.75, 3.05) is 5.32 Å². The highest BCUT2D eigenvalue weighted by molar-refractivity contribution is 6.05. The molecule has 5 aromatic rings. The van der Waals surface area contributed by atoms with Crippen LogP contribution in [-0.2, 0) is 0 Å². The number of rotatable bonds is 4. The van der Waals surface area contributed by atoms with Gasteiger partial charge in [-0.15, -0.1) is 5.10 Å². The number of aromatic nitrogens is 5. The van der Waals surface area contributed by atoms with Crippen LogP contribution in [0.2, 0.25) is 0 Å². The van der Waals surface area contributed by atoms with E-state index in [-0.39, 0.29) is 11.9 Å². The Hall–Kier alpha value is -4.39. The van der Waals surface area contributed by atoms with Crippen LogP contribution in [0.25, 0.3) is 33.7 Å². The molecule has 7 nitrogen and oxygen atoms in total. The molecule has 0 radical (unpaired) electrons. The number of benzene rings is 2. The zero-order valence-electron chi connectivity index (χ0n) is 16.7. The summed E-state index contributed by atoms with van der Waals surface area (Å²) in [6.07, 6.45) is 1.73. The molecule has 0 aliphatic rings. The molecule has 0 aliphatic carbocycles. The summed E-state index contributed by atoms with van der Waals surface area (Å²) < 4.78 is 0. The number of anilines is 1. The standard InChI is InChI=1S/C24H18N6O/c1-15-17(20-11-4-5-14-25-20)8-6-9-18(15)23(31)28-24-27-22(29-30-24)21-13-12-16-7-2-3-10-19(16)26-21/h2-14H,1H3,(H2,27,28,29,30,31). The SMILES string of the molecule is Cc1c(C(=O)Nc2n[nH]c(-c3ccc4ccccc4n3)n2)cccc1-c1ccccn1. The van der Waals surface area contributed by atoms with E-state index in [1.165, 1.54) is 0 Å². The van der Waals surface area contributed by atoms with E-state index in [9.17, 15) is 4.79 Å². The Balaban J connectivity index is 1.40. The number of amides is 1. The lowest BCUT2D eigenvalue weighted by molar-refractivity contribution is 0.102. The van der Waals surface area contributed by atoms with Crippen molar-refractivity contribution in [3.63, 3.8) is 0 Å². The normalized spacial score (nSPS) is 10.9. The van der Waals surface area contributed by atoms with E-state index in [0.717, 1.165) is 27.7 Å². The molecule has 31 heavy (non-hydrogen) atoms. The summed E-state index contributed by atoms with van der Waals surface area (Å²) in [6.45, 7) is 1.90. The Morgan fingerprint density at radius 2 is 1.74 bits per heavy atom. The fourth-order valence-electron chi connectivity index (χ4n) is 3.48. The van der Waals surface area contributed by atoms with Crippen molar-refractivity contribution >= 4 is 22.8 Å². The number of hydrogen-bond donors (Lipinski definition) is 2. The summed E-state index contributed by atoms with van der Waals surface area (Å²) in [5.41, 5.74) is 4.62. The van der Waals surface area contributed by atoms with Crippen LogP contribution in [0.5, 0.6) is 0 Å². The number of pyridine rings is 2. The molecule has 2 aromatic carbocycles. The molecule has 0 aliphatic heterocycles. The topological polar surface area (TPSA) is 96.5 Å². The van der Waals surface area contributed by atoms with Crippen LogP contribution in [0.1, 0.15) is 15.9 Å². The minimum absolute atomic E-state index is 0.192. The maximum Gasteiger partial charge on any atom is 0.258 e. The maximum atomic E-state index is 12.9. The molecular formula is C24H18N6O. The van der Waals surface area contributed by atoms with Gasteiger partial charge in [-0.25, -0.2) is 4.98 Å². The van der Waals surface area contributed by atoms with Gasteiger partial charge < -0.3 is 0 Å². The predicted molar refractivity (Wildman–Crippen MR) is 119 cm³/mol. The molecule has 1 amide bonds. The lowest BCUT2D eigenvalue weighted by atomic mass is 9.99. The van der Waals surface area contributed by atoms with E-state index in [4.69, 9.17) is 0 Å². The maximum absolute atomic E-state index is 12.9. The van der Waals surface area contributed by atoms with E-state index >= 15 is 0 Å². The van der Waals surface area contributed by atoms with E-state index < -0.39 is 0 Å². The summed E-state index contributed by atoms with van der Waals surface area (Å²) in [5.74, 6) is 0.393. The first-order valence-electron chi connectivity index (χ1n) is 9.80. The molecule has 5 rings (SSSR count). The average Bonchev–Trinajstić information content (AvgIpc) is 3.28. The van der Waals surface area contributed by atoms with Gasteiger partial charge in [0.15, 0.2) is 5.82 Å². The van der Waals surface area contributed by atoms with Crippen LogP contribution in [0, 0.1) is 6.92 Å². The predicted octanol–water partition coefficient (Wildman–Crippen LogP) is 4.64. The molecule has 0 unspecified atom stereocenters. The van der Waals surface area contributed by atoms with Gasteiger partial charge in [0.2, 0.25) is 5.95 Å². The Bertz CT molecular complexity index is 1390. The summed E-state index contributed by atoms with van der Waals surface area (Å²) in [4.78, 5) is 26.3. The molecule has 0 saturated heterocycles. The zero-order valence-corrected chi connectivity index (χ0v) is 16.7. The lowest BCUT2D eigenvalue weighted by Crippen LogP contribution is -2.14. The third-order valence-electron chi connectivity index (χ3n) is 5.07. The number of carbonyl (C=O) groups excluding carboxylic acids is 1. The van der Waals surface area contributed by atoms with Crippen LogP contribution < -0.4 is 5.32 Å². The first-order chi connectivity index (χ1) is 15.2. The minimum Gasteiger partial charge on any atom is -0.289 e. The highest BCUT2D eigenvalue weighted by Gasteiger charge is 2.16. The van der Waals surface area contributed by atoms with Gasteiger partial charge in [0.25, 0.3) is 5.91 Å². The van der Waals surface area contributed by atoms with Gasteiger partial charge in [0.1, 0.15) is 5.69 Å². The molecule has 0 saturated carbocycles. The smallest absolute Gasteiger partial charge is 0.258 e. The van der Waals surface area contributed by atoms with Crippen LogP contribution in [-0.4, -0.2) is 31.1 Å². The molecule has 150 valence electrons. The van der Waals surface area contributed by atoms with Crippen molar-refractivity contribution in [3.8, 4) is 22.8 Å². The van der Waals surface area contributed by atoms with Crippen LogP contribution in [0.3, 0.4) is 0 Å². The largest absolute Gasteiger partial charge is 0.289 e. The van der Waals surface area contributed by atoms with Crippen molar-refractivity contribution in [2.24, 2.45) is 0 Å². The van der Waals surface area contributed by atoms with Gasteiger partial charge in [-0.1, -0.05) is 42.5 Å². The monoisotopic (exact) mass is 406 g/mol. The zero-order chi connectivity index (χ0) is 21.2. The third kappa shape index (κ3) is 3.64. The second-order valence-electron chi connectivity index (χ2n) is 7.04. The van der Waals surface area contributed by atoms with Crippen molar-refractivity contribution < 1.29 is 4.79 Å². The number of H-pyrrole nitrogens is 1. The fourth-order valence-corrected chi connectivity index (χ4v) is 3.48. The highest BCUT2D eigenvalue weighted by atomic mass is 16.1. The van der Waals surface area contributed by atoms with Gasteiger partial charge in [0, 0.05) is 22.7 Å². The van der Waals surface area contributed by atoms with Gasteiger partial charge in [-0.2, -0.15) is 4.98 Å². The minimum atomic E-state index is -0.285. The molecular weight excluding hydrogens is 388 g/mol. The Kier molecular flexibility index (Phi) is 4.68. The van der Waals surface area contributed by atoms with Gasteiger partial charge in [-0.3, -0.25) is 20.2 Å². The lowest BCUT2D eigenvalue weighted by Gasteiger charge is -2.10. The number of fused-ring (bicyclic) bond motifs is 1. The molecule has 7 heteroatoms. The second kappa shape index (κ2) is 7.79. The molecule has 0 fully saturated rings. The number of carbonyl (C=O) groups is 1. The van der Waals surface area contributed by atoms with Crippen molar-refractivity contribution in [3.05, 3.63) is 90.1 Å². The number of aromatic amines is 1. The van der Waals surface area contributed by atoms with E-state index in [1.807, 2.05) is 73.7 Å². The Labute approximate surface area is 178 Å². The average molecular weight is 406 g/mol. The van der Waals surface area contributed by atoms with Crippen molar-refractivity contribution in [1.82, 2.24) is 25.1 Å². The number of nitrogens with one attached hydrogen (secondary N) is 2. The molecule has 2 N–H and O–H groups in total. The molecule has 0 bridgehead atoms.